The van der Waals surface area contributed by atoms with Crippen molar-refractivity contribution < 1.29 is 19.1 Å². The highest BCUT2D eigenvalue weighted by Gasteiger charge is 2.14. The average molecular weight is 291 g/mol. The number of carbonyl (C=O) groups is 2. The SMILES string of the molecule is CC(CCc1ccco1)NC(=O)Cn1nccc1C(=O)O. The molecule has 112 valence electrons. The lowest BCUT2D eigenvalue weighted by Crippen LogP contribution is -2.36. The van der Waals surface area contributed by atoms with Crippen molar-refractivity contribution in [1.29, 1.82) is 0 Å². The number of aromatic carboxylic acids is 1. The van der Waals surface area contributed by atoms with Crippen molar-refractivity contribution >= 4 is 11.9 Å². The van der Waals surface area contributed by atoms with Gasteiger partial charge in [-0.25, -0.2) is 9.48 Å². The van der Waals surface area contributed by atoms with E-state index in [2.05, 4.69) is 10.4 Å². The minimum Gasteiger partial charge on any atom is -0.477 e. The van der Waals surface area contributed by atoms with Crippen LogP contribution in [0.15, 0.2) is 35.1 Å². The third-order valence-electron chi connectivity index (χ3n) is 3.04. The molecular formula is C14H17N3O4. The van der Waals surface area contributed by atoms with Gasteiger partial charge in [0.2, 0.25) is 5.91 Å². The fraction of sp³-hybridized carbons (Fsp3) is 0.357. The Bertz CT molecular complexity index is 604. The van der Waals surface area contributed by atoms with Crippen LogP contribution in [0.1, 0.15) is 29.6 Å². The Kier molecular flexibility index (Phi) is 4.76. The molecule has 2 heterocycles. The molecule has 0 aliphatic heterocycles. The lowest BCUT2D eigenvalue weighted by atomic mass is 10.1. The Morgan fingerprint density at radius 3 is 2.95 bits per heavy atom. The van der Waals surface area contributed by atoms with Gasteiger partial charge in [0.15, 0.2) is 0 Å². The van der Waals surface area contributed by atoms with E-state index in [4.69, 9.17) is 9.52 Å². The highest BCUT2D eigenvalue weighted by molar-refractivity contribution is 5.86. The Balaban J connectivity index is 1.81. The number of carbonyl (C=O) groups excluding carboxylic acids is 1. The van der Waals surface area contributed by atoms with E-state index >= 15 is 0 Å². The number of nitrogens with zero attached hydrogens (tertiary/aromatic N) is 2. The maximum Gasteiger partial charge on any atom is 0.354 e. The number of carboxylic acids is 1. The summed E-state index contributed by atoms with van der Waals surface area (Å²) in [5.41, 5.74) is -0.00612. The van der Waals surface area contributed by atoms with Crippen molar-refractivity contribution in [1.82, 2.24) is 15.1 Å². The highest BCUT2D eigenvalue weighted by atomic mass is 16.4. The van der Waals surface area contributed by atoms with Gasteiger partial charge in [-0.15, -0.1) is 0 Å². The Labute approximate surface area is 121 Å². The first-order chi connectivity index (χ1) is 10.1. The van der Waals surface area contributed by atoms with E-state index in [1.54, 1.807) is 6.26 Å². The minimum absolute atomic E-state index is 0.00612. The average Bonchev–Trinajstić information content (AvgIpc) is 3.06. The number of amides is 1. The summed E-state index contributed by atoms with van der Waals surface area (Å²) in [5, 5.41) is 15.6. The van der Waals surface area contributed by atoms with Gasteiger partial charge in [-0.3, -0.25) is 4.79 Å². The maximum absolute atomic E-state index is 11.9. The van der Waals surface area contributed by atoms with Gasteiger partial charge in [-0.2, -0.15) is 5.10 Å². The first kappa shape index (κ1) is 14.8. The van der Waals surface area contributed by atoms with Gasteiger partial charge in [0, 0.05) is 18.7 Å². The van der Waals surface area contributed by atoms with Crippen molar-refractivity contribution in [2.75, 3.05) is 0 Å². The van der Waals surface area contributed by atoms with Crippen LogP contribution in [0.2, 0.25) is 0 Å². The second-order valence-electron chi connectivity index (χ2n) is 4.77. The Morgan fingerprint density at radius 1 is 1.48 bits per heavy atom. The van der Waals surface area contributed by atoms with Crippen molar-refractivity contribution in [3.8, 4) is 0 Å². The fourth-order valence-corrected chi connectivity index (χ4v) is 1.98. The normalized spacial score (nSPS) is 12.0. The van der Waals surface area contributed by atoms with Crippen LogP contribution in [0, 0.1) is 0 Å². The smallest absolute Gasteiger partial charge is 0.354 e. The molecule has 21 heavy (non-hydrogen) atoms. The predicted molar refractivity (Wildman–Crippen MR) is 73.8 cm³/mol. The molecule has 0 spiro atoms. The number of aryl methyl sites for hydroxylation is 1. The minimum atomic E-state index is -1.11. The third kappa shape index (κ3) is 4.20. The van der Waals surface area contributed by atoms with Crippen LogP contribution in [0.4, 0.5) is 0 Å². The summed E-state index contributed by atoms with van der Waals surface area (Å²) in [6, 6.07) is 5.03. The largest absolute Gasteiger partial charge is 0.477 e. The van der Waals surface area contributed by atoms with Crippen LogP contribution in [-0.4, -0.2) is 32.8 Å². The quantitative estimate of drug-likeness (QED) is 0.801. The molecule has 2 aromatic heterocycles. The fourth-order valence-electron chi connectivity index (χ4n) is 1.98. The van der Waals surface area contributed by atoms with E-state index in [0.29, 0.717) is 0 Å². The number of hydrogen-bond donors (Lipinski definition) is 2. The summed E-state index contributed by atoms with van der Waals surface area (Å²) in [4.78, 5) is 22.8. The van der Waals surface area contributed by atoms with Crippen LogP contribution in [0.5, 0.6) is 0 Å². The molecule has 7 nitrogen and oxygen atoms in total. The summed E-state index contributed by atoms with van der Waals surface area (Å²) in [6.45, 7) is 1.78. The number of rotatable bonds is 7. The summed E-state index contributed by atoms with van der Waals surface area (Å²) >= 11 is 0. The molecule has 1 unspecified atom stereocenters. The zero-order chi connectivity index (χ0) is 15.2. The Hall–Kier alpha value is -2.57. The molecule has 0 aliphatic carbocycles. The monoisotopic (exact) mass is 291 g/mol. The van der Waals surface area contributed by atoms with Gasteiger partial charge in [-0.1, -0.05) is 0 Å². The van der Waals surface area contributed by atoms with Gasteiger partial charge in [0.05, 0.1) is 6.26 Å². The molecule has 0 aliphatic rings. The molecule has 0 radical (unpaired) electrons. The summed E-state index contributed by atoms with van der Waals surface area (Å²) in [7, 11) is 0. The van der Waals surface area contributed by atoms with Gasteiger partial charge < -0.3 is 14.8 Å². The van der Waals surface area contributed by atoms with Crippen LogP contribution in [0.3, 0.4) is 0 Å². The number of nitrogens with one attached hydrogen (secondary N) is 1. The second kappa shape index (κ2) is 6.74. The van der Waals surface area contributed by atoms with Crippen LogP contribution in [0.25, 0.3) is 0 Å². The van der Waals surface area contributed by atoms with Crippen molar-refractivity contribution in [2.24, 2.45) is 0 Å². The van der Waals surface area contributed by atoms with E-state index < -0.39 is 5.97 Å². The Morgan fingerprint density at radius 2 is 2.29 bits per heavy atom. The summed E-state index contributed by atoms with van der Waals surface area (Å²) < 4.78 is 6.39. The van der Waals surface area contributed by atoms with Crippen molar-refractivity contribution in [3.05, 3.63) is 42.1 Å². The molecule has 0 aromatic carbocycles. The number of furan rings is 1. The molecule has 2 rings (SSSR count). The highest BCUT2D eigenvalue weighted by Crippen LogP contribution is 2.06. The molecule has 1 atom stereocenters. The standard InChI is InChI=1S/C14H17N3O4/c1-10(4-5-11-3-2-8-21-11)16-13(18)9-17-12(14(19)20)6-7-15-17/h2-3,6-8,10H,4-5,9H2,1H3,(H,16,18)(H,19,20). The zero-order valence-electron chi connectivity index (χ0n) is 11.7. The number of carboxylic acid groups (broad SMARTS) is 1. The summed E-state index contributed by atoms with van der Waals surface area (Å²) in [5.74, 6) is -0.504. The molecular weight excluding hydrogens is 274 g/mol. The second-order valence-corrected chi connectivity index (χ2v) is 4.77. The van der Waals surface area contributed by atoms with E-state index in [1.807, 2.05) is 19.1 Å². The maximum atomic E-state index is 11.9. The first-order valence-corrected chi connectivity index (χ1v) is 6.63. The van der Waals surface area contributed by atoms with Crippen molar-refractivity contribution in [2.45, 2.75) is 32.4 Å². The van der Waals surface area contributed by atoms with E-state index in [-0.39, 0.29) is 24.2 Å². The van der Waals surface area contributed by atoms with Gasteiger partial charge in [-0.05, 0) is 31.5 Å². The molecule has 1 amide bonds. The molecule has 2 aromatic rings. The van der Waals surface area contributed by atoms with Crippen LogP contribution >= 0.6 is 0 Å². The lowest BCUT2D eigenvalue weighted by Gasteiger charge is -2.13. The summed E-state index contributed by atoms with van der Waals surface area (Å²) in [6.07, 6.45) is 4.45. The molecule has 7 heteroatoms. The van der Waals surface area contributed by atoms with E-state index in [1.165, 1.54) is 12.3 Å². The lowest BCUT2D eigenvalue weighted by molar-refractivity contribution is -0.122. The molecule has 2 N–H and O–H groups in total. The predicted octanol–water partition coefficient (Wildman–Crippen LogP) is 1.31. The topological polar surface area (TPSA) is 97.4 Å². The molecule has 0 saturated carbocycles. The van der Waals surface area contributed by atoms with Crippen LogP contribution in [-0.2, 0) is 17.8 Å². The van der Waals surface area contributed by atoms with Crippen molar-refractivity contribution in [3.63, 3.8) is 0 Å². The zero-order valence-corrected chi connectivity index (χ0v) is 11.7. The molecule has 0 saturated heterocycles. The van der Waals surface area contributed by atoms with Crippen LogP contribution < -0.4 is 5.32 Å². The van der Waals surface area contributed by atoms with E-state index in [0.717, 1.165) is 23.3 Å². The third-order valence-corrected chi connectivity index (χ3v) is 3.04. The first-order valence-electron chi connectivity index (χ1n) is 6.63. The molecule has 0 fully saturated rings. The molecule has 0 bridgehead atoms. The van der Waals surface area contributed by atoms with Gasteiger partial charge in [0.1, 0.15) is 18.0 Å². The van der Waals surface area contributed by atoms with Gasteiger partial charge >= 0.3 is 5.97 Å². The number of hydrogen-bond acceptors (Lipinski definition) is 4. The number of aromatic nitrogens is 2. The van der Waals surface area contributed by atoms with E-state index in [9.17, 15) is 9.59 Å². The van der Waals surface area contributed by atoms with Gasteiger partial charge in [0.25, 0.3) is 0 Å².